The normalized spacial score (nSPS) is 12.6. The number of hydrogen-bond acceptors (Lipinski definition) is 6. The van der Waals surface area contributed by atoms with Crippen LogP contribution >= 0.6 is 0 Å². The van der Waals surface area contributed by atoms with Crippen LogP contribution in [0.25, 0.3) is 0 Å². The summed E-state index contributed by atoms with van der Waals surface area (Å²) in [5.74, 6) is 1.29. The molecule has 170 valence electrons. The highest BCUT2D eigenvalue weighted by molar-refractivity contribution is 5.51. The van der Waals surface area contributed by atoms with Crippen molar-refractivity contribution in [2.75, 3.05) is 36.9 Å². The average Bonchev–Trinajstić information content (AvgIpc) is 2.81. The van der Waals surface area contributed by atoms with Gasteiger partial charge in [0.1, 0.15) is 36.9 Å². The third kappa shape index (κ3) is 7.48. The van der Waals surface area contributed by atoms with Gasteiger partial charge in [-0.2, -0.15) is 0 Å². The minimum Gasteiger partial charge on any atom is -0.491 e. The lowest BCUT2D eigenvalue weighted by Gasteiger charge is -2.16. The number of rotatable bonds is 12. The van der Waals surface area contributed by atoms with Gasteiger partial charge in [0.05, 0.1) is 0 Å². The monoisotopic (exact) mass is 436 g/mol. The first-order valence-electron chi connectivity index (χ1n) is 10.8. The highest BCUT2D eigenvalue weighted by atomic mass is 16.5. The van der Waals surface area contributed by atoms with Crippen molar-refractivity contribution in [2.24, 2.45) is 0 Å². The molecule has 0 aromatic heterocycles. The first kappa shape index (κ1) is 23.4. The molecule has 6 heteroatoms. The van der Waals surface area contributed by atoms with Crippen LogP contribution in [-0.4, -0.2) is 48.7 Å². The van der Waals surface area contributed by atoms with E-state index in [-0.39, 0.29) is 13.2 Å². The molecule has 3 aromatic rings. The van der Waals surface area contributed by atoms with Crippen LogP contribution in [0, 0.1) is 13.8 Å². The maximum Gasteiger partial charge on any atom is 0.119 e. The third-order valence-corrected chi connectivity index (χ3v) is 5.05. The van der Waals surface area contributed by atoms with E-state index in [2.05, 4.69) is 10.6 Å². The summed E-state index contributed by atoms with van der Waals surface area (Å²) >= 11 is 0. The number of benzene rings is 3. The predicted molar refractivity (Wildman–Crippen MR) is 129 cm³/mol. The molecule has 3 rings (SSSR count). The van der Waals surface area contributed by atoms with Crippen molar-refractivity contribution in [3.8, 4) is 11.5 Å². The van der Waals surface area contributed by atoms with Crippen molar-refractivity contribution >= 4 is 11.4 Å². The molecule has 0 aliphatic heterocycles. The summed E-state index contributed by atoms with van der Waals surface area (Å²) < 4.78 is 11.3. The van der Waals surface area contributed by atoms with Crippen LogP contribution < -0.4 is 20.1 Å². The molecule has 32 heavy (non-hydrogen) atoms. The quantitative estimate of drug-likeness (QED) is 0.343. The molecule has 0 bridgehead atoms. The minimum absolute atomic E-state index is 0.183. The van der Waals surface area contributed by atoms with Crippen LogP contribution in [0.3, 0.4) is 0 Å². The second-order valence-electron chi connectivity index (χ2n) is 7.79. The molecule has 0 heterocycles. The SMILES string of the molecule is Cc1ccccc1NC[C@H](O)COc1ccc(OC[C@@H](O)CNc2ccccc2C)cc1. The van der Waals surface area contributed by atoms with Gasteiger partial charge in [0, 0.05) is 24.5 Å². The fraction of sp³-hybridized carbons (Fsp3) is 0.308. The Labute approximate surface area is 189 Å². The number of para-hydroxylation sites is 2. The largest absolute Gasteiger partial charge is 0.491 e. The molecule has 0 unspecified atom stereocenters. The van der Waals surface area contributed by atoms with E-state index in [9.17, 15) is 10.2 Å². The Morgan fingerprint density at radius 1 is 0.625 bits per heavy atom. The van der Waals surface area contributed by atoms with Crippen LogP contribution in [0.5, 0.6) is 11.5 Å². The van der Waals surface area contributed by atoms with Crippen molar-refractivity contribution in [1.29, 1.82) is 0 Å². The second-order valence-corrected chi connectivity index (χ2v) is 7.79. The summed E-state index contributed by atoms with van der Waals surface area (Å²) in [6.07, 6.45) is -1.28. The molecule has 0 fully saturated rings. The molecule has 2 atom stereocenters. The molecule has 0 aliphatic rings. The van der Waals surface area contributed by atoms with E-state index in [0.29, 0.717) is 24.6 Å². The van der Waals surface area contributed by atoms with Crippen LogP contribution in [0.2, 0.25) is 0 Å². The van der Waals surface area contributed by atoms with Crippen molar-refractivity contribution in [2.45, 2.75) is 26.1 Å². The van der Waals surface area contributed by atoms with Crippen LogP contribution in [-0.2, 0) is 0 Å². The predicted octanol–water partition coefficient (Wildman–Crippen LogP) is 4.01. The highest BCUT2D eigenvalue weighted by Gasteiger charge is 2.08. The number of aliphatic hydroxyl groups excluding tert-OH is 2. The zero-order chi connectivity index (χ0) is 22.8. The second kappa shape index (κ2) is 12.0. The van der Waals surface area contributed by atoms with Gasteiger partial charge < -0.3 is 30.3 Å². The zero-order valence-electron chi connectivity index (χ0n) is 18.6. The first-order chi connectivity index (χ1) is 15.5. The molecule has 0 aliphatic carbocycles. The molecular formula is C26H32N2O4. The van der Waals surface area contributed by atoms with Gasteiger partial charge in [-0.15, -0.1) is 0 Å². The zero-order valence-corrected chi connectivity index (χ0v) is 18.6. The van der Waals surface area contributed by atoms with E-state index in [1.807, 2.05) is 62.4 Å². The van der Waals surface area contributed by atoms with E-state index in [4.69, 9.17) is 9.47 Å². The van der Waals surface area contributed by atoms with Gasteiger partial charge in [-0.05, 0) is 61.4 Å². The molecule has 0 spiro atoms. The van der Waals surface area contributed by atoms with E-state index in [1.54, 1.807) is 24.3 Å². The Balaban J connectivity index is 1.35. The van der Waals surface area contributed by atoms with Crippen LogP contribution in [0.1, 0.15) is 11.1 Å². The van der Waals surface area contributed by atoms with Gasteiger partial charge in [-0.1, -0.05) is 36.4 Å². The Morgan fingerprint density at radius 2 is 1.00 bits per heavy atom. The summed E-state index contributed by atoms with van der Waals surface area (Å²) in [6.45, 7) is 5.22. The fourth-order valence-electron chi connectivity index (χ4n) is 3.13. The summed E-state index contributed by atoms with van der Waals surface area (Å²) in [6, 6.07) is 23.0. The lowest BCUT2D eigenvalue weighted by Crippen LogP contribution is -2.26. The van der Waals surface area contributed by atoms with E-state index in [0.717, 1.165) is 22.5 Å². The number of hydrogen-bond donors (Lipinski definition) is 4. The van der Waals surface area contributed by atoms with Gasteiger partial charge in [-0.3, -0.25) is 0 Å². The lowest BCUT2D eigenvalue weighted by atomic mass is 10.2. The Bertz CT molecular complexity index is 884. The van der Waals surface area contributed by atoms with Crippen molar-refractivity contribution in [1.82, 2.24) is 0 Å². The minimum atomic E-state index is -0.638. The number of aliphatic hydroxyl groups is 2. The van der Waals surface area contributed by atoms with Crippen molar-refractivity contribution in [3.05, 3.63) is 83.9 Å². The number of aryl methyl sites for hydroxylation is 2. The van der Waals surface area contributed by atoms with E-state index >= 15 is 0 Å². The topological polar surface area (TPSA) is 83.0 Å². The summed E-state index contributed by atoms with van der Waals surface area (Å²) in [7, 11) is 0. The summed E-state index contributed by atoms with van der Waals surface area (Å²) in [5.41, 5.74) is 4.27. The number of anilines is 2. The maximum absolute atomic E-state index is 10.2. The molecule has 0 saturated heterocycles. The highest BCUT2D eigenvalue weighted by Crippen LogP contribution is 2.19. The van der Waals surface area contributed by atoms with Gasteiger partial charge >= 0.3 is 0 Å². The molecule has 3 aromatic carbocycles. The number of nitrogens with one attached hydrogen (secondary N) is 2. The maximum atomic E-state index is 10.2. The van der Waals surface area contributed by atoms with Gasteiger partial charge in [-0.25, -0.2) is 0 Å². The summed E-state index contributed by atoms with van der Waals surface area (Å²) in [5, 5.41) is 26.8. The fourth-order valence-corrected chi connectivity index (χ4v) is 3.13. The third-order valence-electron chi connectivity index (χ3n) is 5.05. The first-order valence-corrected chi connectivity index (χ1v) is 10.8. The molecule has 0 radical (unpaired) electrons. The van der Waals surface area contributed by atoms with Crippen LogP contribution in [0.4, 0.5) is 11.4 Å². The molecular weight excluding hydrogens is 404 g/mol. The molecule has 6 nitrogen and oxygen atoms in total. The average molecular weight is 437 g/mol. The Morgan fingerprint density at radius 3 is 1.38 bits per heavy atom. The van der Waals surface area contributed by atoms with E-state index < -0.39 is 12.2 Å². The van der Waals surface area contributed by atoms with Gasteiger partial charge in [0.25, 0.3) is 0 Å². The summed E-state index contributed by atoms with van der Waals surface area (Å²) in [4.78, 5) is 0. The standard InChI is InChI=1S/C26H32N2O4/c1-19-7-3-5-9-25(19)27-15-21(29)17-31-23-11-13-24(14-12-23)32-18-22(30)16-28-26-10-6-4-8-20(26)2/h3-14,21-22,27-30H,15-18H2,1-2H3/t21-,22-/m0/s1. The molecule has 0 saturated carbocycles. The lowest BCUT2D eigenvalue weighted by molar-refractivity contribution is 0.115. The van der Waals surface area contributed by atoms with Gasteiger partial charge in [0.2, 0.25) is 0 Å². The van der Waals surface area contributed by atoms with E-state index in [1.165, 1.54) is 0 Å². The Kier molecular flexibility index (Phi) is 8.78. The number of ether oxygens (including phenoxy) is 2. The van der Waals surface area contributed by atoms with Crippen molar-refractivity contribution in [3.63, 3.8) is 0 Å². The van der Waals surface area contributed by atoms with Crippen LogP contribution in [0.15, 0.2) is 72.8 Å². The van der Waals surface area contributed by atoms with Crippen molar-refractivity contribution < 1.29 is 19.7 Å². The molecule has 0 amide bonds. The molecule has 4 N–H and O–H groups in total. The Hall–Kier alpha value is -3.22. The smallest absolute Gasteiger partial charge is 0.119 e. The van der Waals surface area contributed by atoms with Gasteiger partial charge in [0.15, 0.2) is 0 Å².